The van der Waals surface area contributed by atoms with Gasteiger partial charge in [-0.05, 0) is 125 Å². The van der Waals surface area contributed by atoms with Gasteiger partial charge in [-0.1, -0.05) is 61.6 Å². The standard InChI is InChI=1S/C47H54N8O3/c1-31-13-9-10-16-37(31)43(53(4)5)47(57)55-28-12-18-41(55)45-49-30-39(51-45)33-21-25-36(26-22-33)58-35-23-19-32(20-24-35)38-29-48-44(50-38)40-17-11-27-54(40)46(56)42(52(2)3)34-14-7-6-8-15-34/h6-10,13-16,19-26,29-31,37,40-43H,11-12,17-18,27-28H2,1-5H3,(H,48,50)(H,49,51)/t31?,37?,40-,41-,42+,43+/m0/s1. The molecule has 2 aromatic heterocycles. The number of rotatable bonds is 12. The van der Waals surface area contributed by atoms with Crippen molar-refractivity contribution in [1.82, 2.24) is 39.5 Å². The predicted molar refractivity (Wildman–Crippen MR) is 227 cm³/mol. The van der Waals surface area contributed by atoms with Gasteiger partial charge in [0, 0.05) is 19.0 Å². The Bertz CT molecular complexity index is 2240. The number of benzene rings is 3. The van der Waals surface area contributed by atoms with Gasteiger partial charge in [0.1, 0.15) is 29.2 Å². The Hall–Kier alpha value is -5.78. The van der Waals surface area contributed by atoms with Crippen molar-refractivity contribution in [3.63, 3.8) is 0 Å². The summed E-state index contributed by atoms with van der Waals surface area (Å²) >= 11 is 0. The number of amides is 2. The van der Waals surface area contributed by atoms with Crippen LogP contribution in [0.1, 0.15) is 67.9 Å². The maximum absolute atomic E-state index is 14.1. The highest BCUT2D eigenvalue weighted by Crippen LogP contribution is 2.37. The quantitative estimate of drug-likeness (QED) is 0.131. The van der Waals surface area contributed by atoms with Gasteiger partial charge in [0.05, 0.1) is 41.9 Å². The lowest BCUT2D eigenvalue weighted by Crippen LogP contribution is -2.50. The van der Waals surface area contributed by atoms with E-state index in [0.717, 1.165) is 83.5 Å². The predicted octanol–water partition coefficient (Wildman–Crippen LogP) is 8.20. The number of carbonyl (C=O) groups excluding carboxylic acids is 2. The third-order valence-electron chi connectivity index (χ3n) is 12.0. The number of ether oxygens (including phenoxy) is 1. The number of aromatic nitrogens is 4. The molecular formula is C47H54N8O3. The first kappa shape index (κ1) is 39.1. The number of allylic oxidation sites excluding steroid dienone is 3. The summed E-state index contributed by atoms with van der Waals surface area (Å²) in [5.41, 5.74) is 4.77. The molecule has 0 saturated carbocycles. The first-order chi connectivity index (χ1) is 28.2. The van der Waals surface area contributed by atoms with Crippen molar-refractivity contribution >= 4 is 11.8 Å². The van der Waals surface area contributed by atoms with Gasteiger partial charge in [0.15, 0.2) is 0 Å². The molecule has 0 radical (unpaired) electrons. The van der Waals surface area contributed by atoms with E-state index in [0.29, 0.717) is 6.54 Å². The van der Waals surface area contributed by atoms with E-state index in [1.807, 2.05) is 134 Å². The molecule has 0 bridgehead atoms. The second-order valence-electron chi connectivity index (χ2n) is 16.3. The fourth-order valence-electron chi connectivity index (χ4n) is 8.96. The molecule has 3 aromatic carbocycles. The van der Waals surface area contributed by atoms with Crippen LogP contribution in [0.5, 0.6) is 11.5 Å². The molecule has 2 N–H and O–H groups in total. The fourth-order valence-corrected chi connectivity index (χ4v) is 8.96. The number of aromatic amines is 2. The van der Waals surface area contributed by atoms with Crippen LogP contribution in [0.15, 0.2) is 116 Å². The first-order valence-corrected chi connectivity index (χ1v) is 20.5. The van der Waals surface area contributed by atoms with E-state index in [-0.39, 0.29) is 47.8 Å². The van der Waals surface area contributed by atoms with Crippen LogP contribution < -0.4 is 4.74 Å². The molecule has 3 aliphatic rings. The van der Waals surface area contributed by atoms with Crippen molar-refractivity contribution in [3.8, 4) is 34.0 Å². The molecule has 11 heteroatoms. The van der Waals surface area contributed by atoms with Gasteiger partial charge in [-0.2, -0.15) is 0 Å². The van der Waals surface area contributed by atoms with E-state index in [4.69, 9.17) is 14.7 Å². The molecule has 58 heavy (non-hydrogen) atoms. The van der Waals surface area contributed by atoms with Gasteiger partial charge in [0.2, 0.25) is 11.8 Å². The molecule has 300 valence electrons. The van der Waals surface area contributed by atoms with Crippen LogP contribution in [0.4, 0.5) is 0 Å². The zero-order valence-corrected chi connectivity index (χ0v) is 34.1. The van der Waals surface area contributed by atoms with Crippen LogP contribution in [-0.4, -0.2) is 98.7 Å². The van der Waals surface area contributed by atoms with Crippen molar-refractivity contribution in [1.29, 1.82) is 0 Å². The van der Waals surface area contributed by atoms with E-state index in [1.54, 1.807) is 0 Å². The number of imidazole rings is 2. The van der Waals surface area contributed by atoms with Crippen LogP contribution in [0, 0.1) is 11.8 Å². The van der Waals surface area contributed by atoms with Gasteiger partial charge < -0.3 is 24.5 Å². The number of hydrogen-bond acceptors (Lipinski definition) is 7. The third kappa shape index (κ3) is 8.01. The SMILES string of the molecule is CC1C=CC=CC1[C@H](C(=O)N1CCC[C@H]1c1ncc(-c2ccc(Oc3ccc(-c4cnc([C@@H]5CCCN5C(=O)[C@@H](c5ccccc5)N(C)C)[nH]4)cc3)cc2)[nH]1)N(C)C. The summed E-state index contributed by atoms with van der Waals surface area (Å²) in [6.07, 6.45) is 15.8. The lowest BCUT2D eigenvalue weighted by Gasteiger charge is -2.37. The molecule has 11 nitrogen and oxygen atoms in total. The smallest absolute Gasteiger partial charge is 0.245 e. The van der Waals surface area contributed by atoms with Gasteiger partial charge in [-0.3, -0.25) is 19.4 Å². The Labute approximate surface area is 341 Å². The third-order valence-corrected chi connectivity index (χ3v) is 12.0. The minimum Gasteiger partial charge on any atom is -0.457 e. The van der Waals surface area contributed by atoms with Gasteiger partial charge in [0.25, 0.3) is 0 Å². The molecule has 5 aromatic rings. The van der Waals surface area contributed by atoms with E-state index >= 15 is 0 Å². The molecule has 2 aliphatic heterocycles. The molecule has 1 aliphatic carbocycles. The molecule has 2 unspecified atom stereocenters. The highest BCUT2D eigenvalue weighted by atomic mass is 16.5. The topological polar surface area (TPSA) is 114 Å². The zero-order chi connectivity index (χ0) is 40.3. The zero-order valence-electron chi connectivity index (χ0n) is 34.1. The summed E-state index contributed by atoms with van der Waals surface area (Å²) in [6, 6.07) is 25.1. The second-order valence-corrected chi connectivity index (χ2v) is 16.3. The lowest BCUT2D eigenvalue weighted by atomic mass is 9.83. The minimum atomic E-state index is -0.350. The Morgan fingerprint density at radius 3 is 1.71 bits per heavy atom. The second kappa shape index (κ2) is 17.0. The van der Waals surface area contributed by atoms with E-state index in [9.17, 15) is 9.59 Å². The monoisotopic (exact) mass is 778 g/mol. The molecule has 6 atom stereocenters. The summed E-state index contributed by atoms with van der Waals surface area (Å²) in [6.45, 7) is 3.62. The normalized spacial score (nSPS) is 21.6. The van der Waals surface area contributed by atoms with Crippen molar-refractivity contribution < 1.29 is 14.3 Å². The van der Waals surface area contributed by atoms with Crippen molar-refractivity contribution in [2.75, 3.05) is 41.3 Å². The van der Waals surface area contributed by atoms with E-state index in [1.165, 1.54) is 0 Å². The van der Waals surface area contributed by atoms with Gasteiger partial charge in [-0.25, -0.2) is 9.97 Å². The van der Waals surface area contributed by atoms with Crippen LogP contribution in [-0.2, 0) is 9.59 Å². The largest absolute Gasteiger partial charge is 0.457 e. The number of H-pyrrole nitrogens is 2. The molecular weight excluding hydrogens is 725 g/mol. The number of nitrogens with one attached hydrogen (secondary N) is 2. The van der Waals surface area contributed by atoms with E-state index in [2.05, 4.69) is 46.1 Å². The average Bonchev–Trinajstić information content (AvgIpc) is 4.07. The van der Waals surface area contributed by atoms with Crippen LogP contribution in [0.2, 0.25) is 0 Å². The number of likely N-dealkylation sites (N-methyl/N-ethyl adjacent to an activating group) is 2. The summed E-state index contributed by atoms with van der Waals surface area (Å²) in [5.74, 6) is 3.75. The maximum atomic E-state index is 14.1. The lowest BCUT2D eigenvalue weighted by molar-refractivity contribution is -0.139. The van der Waals surface area contributed by atoms with Crippen molar-refractivity contribution in [2.24, 2.45) is 11.8 Å². The first-order valence-electron chi connectivity index (χ1n) is 20.5. The van der Waals surface area contributed by atoms with E-state index < -0.39 is 0 Å². The van der Waals surface area contributed by atoms with Gasteiger partial charge in [-0.15, -0.1) is 0 Å². The van der Waals surface area contributed by atoms with Crippen molar-refractivity contribution in [2.45, 2.75) is 56.8 Å². The summed E-state index contributed by atoms with van der Waals surface area (Å²) in [4.78, 5) is 52.6. The number of hydrogen-bond donors (Lipinski definition) is 2. The Balaban J connectivity index is 0.895. The molecule has 0 spiro atoms. The highest BCUT2D eigenvalue weighted by Gasteiger charge is 2.41. The number of likely N-dealkylation sites (tertiary alicyclic amines) is 2. The molecule has 2 fully saturated rings. The summed E-state index contributed by atoms with van der Waals surface area (Å²) < 4.78 is 6.23. The highest BCUT2D eigenvalue weighted by molar-refractivity contribution is 5.84. The Morgan fingerprint density at radius 2 is 1.21 bits per heavy atom. The molecule has 2 saturated heterocycles. The Kier molecular flexibility index (Phi) is 11.4. The number of nitrogens with zero attached hydrogens (tertiary/aromatic N) is 6. The minimum absolute atomic E-state index is 0.0802. The Morgan fingerprint density at radius 1 is 0.690 bits per heavy atom. The molecule has 8 rings (SSSR count). The maximum Gasteiger partial charge on any atom is 0.245 e. The molecule has 4 heterocycles. The van der Waals surface area contributed by atoms with Crippen molar-refractivity contribution in [3.05, 3.63) is 133 Å². The van der Waals surface area contributed by atoms with Gasteiger partial charge >= 0.3 is 0 Å². The fraction of sp³-hybridized carbons (Fsp3) is 0.362. The number of carbonyl (C=O) groups is 2. The van der Waals surface area contributed by atoms with Crippen LogP contribution >= 0.6 is 0 Å². The average molecular weight is 779 g/mol. The summed E-state index contributed by atoms with van der Waals surface area (Å²) in [5, 5.41) is 0. The van der Waals surface area contributed by atoms with Crippen LogP contribution in [0.25, 0.3) is 22.5 Å². The summed E-state index contributed by atoms with van der Waals surface area (Å²) in [7, 11) is 7.91. The van der Waals surface area contributed by atoms with Crippen LogP contribution in [0.3, 0.4) is 0 Å². The molecule has 2 amide bonds.